The minimum absolute atomic E-state index is 0.226. The van der Waals surface area contributed by atoms with Crippen LogP contribution in [0.1, 0.15) is 23.4 Å². The average Bonchev–Trinajstić information content (AvgIpc) is 2.37. The Kier molecular flexibility index (Phi) is 4.12. The Morgan fingerprint density at radius 1 is 1.16 bits per heavy atom. The Labute approximate surface area is 113 Å². The smallest absolute Gasteiger partial charge is 0.159 e. The van der Waals surface area contributed by atoms with E-state index >= 15 is 0 Å². The maximum atomic E-state index is 9.51. The van der Waals surface area contributed by atoms with Crippen LogP contribution in [0.3, 0.4) is 0 Å². The highest BCUT2D eigenvalue weighted by Crippen LogP contribution is 2.22. The van der Waals surface area contributed by atoms with E-state index in [0.29, 0.717) is 12.4 Å². The van der Waals surface area contributed by atoms with Crippen molar-refractivity contribution < 1.29 is 5.11 Å². The summed E-state index contributed by atoms with van der Waals surface area (Å²) in [5.74, 6) is 0.881. The minimum Gasteiger partial charge on any atom is -0.508 e. The summed E-state index contributed by atoms with van der Waals surface area (Å²) in [5, 5.41) is 9.51. The molecular formula is C15H19N3O. The lowest BCUT2D eigenvalue weighted by atomic mass is 10.1. The molecule has 4 nitrogen and oxygen atoms in total. The van der Waals surface area contributed by atoms with E-state index in [9.17, 15) is 5.11 Å². The number of benzene rings is 1. The van der Waals surface area contributed by atoms with Gasteiger partial charge in [-0.3, -0.25) is 0 Å². The van der Waals surface area contributed by atoms with E-state index in [1.807, 2.05) is 19.9 Å². The first-order valence-corrected chi connectivity index (χ1v) is 6.45. The van der Waals surface area contributed by atoms with Crippen molar-refractivity contribution in [2.24, 2.45) is 5.73 Å². The highest BCUT2D eigenvalue weighted by atomic mass is 16.3. The van der Waals surface area contributed by atoms with Gasteiger partial charge in [-0.1, -0.05) is 12.1 Å². The Hall–Kier alpha value is -1.94. The molecule has 0 unspecified atom stereocenters. The summed E-state index contributed by atoms with van der Waals surface area (Å²) in [6, 6.07) is 7.00. The van der Waals surface area contributed by atoms with Gasteiger partial charge >= 0.3 is 0 Å². The number of aromatic hydroxyl groups is 1. The van der Waals surface area contributed by atoms with Crippen LogP contribution in [0.2, 0.25) is 0 Å². The van der Waals surface area contributed by atoms with Crippen LogP contribution in [0.4, 0.5) is 0 Å². The number of phenolic OH excluding ortho intramolecular Hbond substituents is 1. The molecule has 19 heavy (non-hydrogen) atoms. The molecule has 0 radical (unpaired) electrons. The molecule has 2 aromatic rings. The first kappa shape index (κ1) is 13.5. The number of hydrogen-bond donors (Lipinski definition) is 2. The zero-order chi connectivity index (χ0) is 13.8. The van der Waals surface area contributed by atoms with Crippen LogP contribution in [0.5, 0.6) is 5.75 Å². The lowest BCUT2D eigenvalue weighted by Gasteiger charge is -2.10. The highest BCUT2D eigenvalue weighted by molar-refractivity contribution is 5.58. The molecule has 0 aliphatic heterocycles. The van der Waals surface area contributed by atoms with Gasteiger partial charge in [0.1, 0.15) is 5.75 Å². The van der Waals surface area contributed by atoms with E-state index in [1.54, 1.807) is 18.2 Å². The largest absolute Gasteiger partial charge is 0.508 e. The average molecular weight is 257 g/mol. The molecule has 0 amide bonds. The van der Waals surface area contributed by atoms with Crippen molar-refractivity contribution in [2.75, 3.05) is 6.54 Å². The maximum absolute atomic E-state index is 9.51. The predicted octanol–water partition coefficient (Wildman–Crippen LogP) is 2.36. The third kappa shape index (κ3) is 3.09. The Morgan fingerprint density at radius 3 is 2.42 bits per heavy atom. The van der Waals surface area contributed by atoms with Crippen LogP contribution in [-0.4, -0.2) is 21.6 Å². The summed E-state index contributed by atoms with van der Waals surface area (Å²) >= 11 is 0. The van der Waals surface area contributed by atoms with Crippen molar-refractivity contribution in [3.05, 3.63) is 41.2 Å². The fourth-order valence-electron chi connectivity index (χ4n) is 2.15. The van der Waals surface area contributed by atoms with Gasteiger partial charge in [0.25, 0.3) is 0 Å². The number of rotatable bonds is 4. The standard InChI is InChI=1S/C15H19N3O/c1-10-14(7-4-8-16)11(2)18-15(17-10)12-5-3-6-13(19)9-12/h3,5-6,9,19H,4,7-8,16H2,1-2H3. The van der Waals surface area contributed by atoms with Gasteiger partial charge in [0.15, 0.2) is 5.82 Å². The van der Waals surface area contributed by atoms with Crippen molar-refractivity contribution in [2.45, 2.75) is 26.7 Å². The zero-order valence-corrected chi connectivity index (χ0v) is 11.3. The molecule has 0 spiro atoms. The zero-order valence-electron chi connectivity index (χ0n) is 11.3. The van der Waals surface area contributed by atoms with Crippen LogP contribution in [0.25, 0.3) is 11.4 Å². The third-order valence-electron chi connectivity index (χ3n) is 3.16. The van der Waals surface area contributed by atoms with Crippen molar-refractivity contribution in [3.8, 4) is 17.1 Å². The van der Waals surface area contributed by atoms with Gasteiger partial charge in [0, 0.05) is 17.0 Å². The van der Waals surface area contributed by atoms with E-state index in [2.05, 4.69) is 9.97 Å². The third-order valence-corrected chi connectivity index (χ3v) is 3.16. The van der Waals surface area contributed by atoms with Crippen molar-refractivity contribution in [1.29, 1.82) is 0 Å². The van der Waals surface area contributed by atoms with Gasteiger partial charge in [-0.05, 0) is 50.9 Å². The van der Waals surface area contributed by atoms with Crippen LogP contribution in [-0.2, 0) is 6.42 Å². The van der Waals surface area contributed by atoms with E-state index in [-0.39, 0.29) is 5.75 Å². The quantitative estimate of drug-likeness (QED) is 0.882. The SMILES string of the molecule is Cc1nc(-c2cccc(O)c2)nc(C)c1CCCN. The van der Waals surface area contributed by atoms with Crippen LogP contribution in [0.15, 0.2) is 24.3 Å². The second-order valence-corrected chi connectivity index (χ2v) is 4.64. The number of aromatic nitrogens is 2. The minimum atomic E-state index is 0.226. The molecule has 0 atom stereocenters. The highest BCUT2D eigenvalue weighted by Gasteiger charge is 2.10. The first-order chi connectivity index (χ1) is 9.11. The van der Waals surface area contributed by atoms with Gasteiger partial charge in [-0.2, -0.15) is 0 Å². The molecule has 100 valence electrons. The Bertz CT molecular complexity index is 558. The van der Waals surface area contributed by atoms with Gasteiger partial charge < -0.3 is 10.8 Å². The second kappa shape index (κ2) is 5.80. The summed E-state index contributed by atoms with van der Waals surface area (Å²) in [4.78, 5) is 9.07. The number of hydrogen-bond acceptors (Lipinski definition) is 4. The molecule has 0 aliphatic carbocycles. The molecule has 1 aromatic carbocycles. The summed E-state index contributed by atoms with van der Waals surface area (Å²) in [5.41, 5.74) is 9.52. The monoisotopic (exact) mass is 257 g/mol. The summed E-state index contributed by atoms with van der Waals surface area (Å²) < 4.78 is 0. The molecular weight excluding hydrogens is 238 g/mol. The van der Waals surface area contributed by atoms with Gasteiger partial charge in [0.2, 0.25) is 0 Å². The molecule has 0 aliphatic rings. The summed E-state index contributed by atoms with van der Waals surface area (Å²) in [6.45, 7) is 4.66. The van der Waals surface area contributed by atoms with Gasteiger partial charge in [-0.15, -0.1) is 0 Å². The van der Waals surface area contributed by atoms with E-state index < -0.39 is 0 Å². The second-order valence-electron chi connectivity index (χ2n) is 4.64. The predicted molar refractivity (Wildman–Crippen MR) is 76.0 cm³/mol. The van der Waals surface area contributed by atoms with Crippen LogP contribution in [0, 0.1) is 13.8 Å². The number of phenols is 1. The first-order valence-electron chi connectivity index (χ1n) is 6.45. The molecule has 4 heteroatoms. The van der Waals surface area contributed by atoms with Crippen LogP contribution < -0.4 is 5.73 Å². The summed E-state index contributed by atoms with van der Waals surface area (Å²) in [6.07, 6.45) is 1.85. The molecule has 0 saturated heterocycles. The van der Waals surface area contributed by atoms with Crippen LogP contribution >= 0.6 is 0 Å². The molecule has 3 N–H and O–H groups in total. The Morgan fingerprint density at radius 2 is 1.84 bits per heavy atom. The molecule has 0 bridgehead atoms. The molecule has 2 rings (SSSR count). The fourth-order valence-corrected chi connectivity index (χ4v) is 2.15. The van der Waals surface area contributed by atoms with E-state index in [4.69, 9.17) is 5.73 Å². The normalized spacial score (nSPS) is 10.7. The molecule has 1 heterocycles. The topological polar surface area (TPSA) is 72.0 Å². The Balaban J connectivity index is 2.39. The fraction of sp³-hybridized carbons (Fsp3) is 0.333. The molecule has 0 fully saturated rings. The number of nitrogens with zero attached hydrogens (tertiary/aromatic N) is 2. The molecule has 0 saturated carbocycles. The van der Waals surface area contributed by atoms with Crippen molar-refractivity contribution in [1.82, 2.24) is 9.97 Å². The van der Waals surface area contributed by atoms with E-state index in [0.717, 1.165) is 29.8 Å². The lowest BCUT2D eigenvalue weighted by Crippen LogP contribution is -2.06. The molecule has 1 aromatic heterocycles. The lowest BCUT2D eigenvalue weighted by molar-refractivity contribution is 0.475. The van der Waals surface area contributed by atoms with Crippen molar-refractivity contribution >= 4 is 0 Å². The van der Waals surface area contributed by atoms with Gasteiger partial charge in [0.05, 0.1) is 0 Å². The van der Waals surface area contributed by atoms with Crippen molar-refractivity contribution in [3.63, 3.8) is 0 Å². The number of nitrogens with two attached hydrogens (primary N) is 1. The van der Waals surface area contributed by atoms with Gasteiger partial charge in [-0.25, -0.2) is 9.97 Å². The number of aryl methyl sites for hydroxylation is 2. The summed E-state index contributed by atoms with van der Waals surface area (Å²) in [7, 11) is 0. The maximum Gasteiger partial charge on any atom is 0.159 e. The van der Waals surface area contributed by atoms with E-state index in [1.165, 1.54) is 5.56 Å².